The maximum atomic E-state index is 6.06. The van der Waals surface area contributed by atoms with E-state index < -0.39 is 0 Å². The van der Waals surface area contributed by atoms with Crippen LogP contribution in [0.2, 0.25) is 0 Å². The highest BCUT2D eigenvalue weighted by atomic mass is 16.5. The number of aromatic nitrogens is 1. The maximum absolute atomic E-state index is 6.06. The van der Waals surface area contributed by atoms with E-state index in [-0.39, 0.29) is 10.8 Å². The molecule has 1 aliphatic carbocycles. The van der Waals surface area contributed by atoms with Crippen LogP contribution >= 0.6 is 0 Å². The first kappa shape index (κ1) is 13.4. The Morgan fingerprint density at radius 3 is 2.06 bits per heavy atom. The summed E-state index contributed by atoms with van der Waals surface area (Å²) in [7, 11) is 0. The van der Waals surface area contributed by atoms with Crippen molar-refractivity contribution in [3.05, 3.63) is 23.5 Å². The van der Waals surface area contributed by atoms with Gasteiger partial charge in [-0.05, 0) is 29.2 Å². The van der Waals surface area contributed by atoms with E-state index in [9.17, 15) is 0 Å². The molecule has 0 spiro atoms. The van der Waals surface area contributed by atoms with Crippen molar-refractivity contribution in [2.45, 2.75) is 71.3 Å². The molecule has 2 rings (SSSR count). The molecule has 1 fully saturated rings. The van der Waals surface area contributed by atoms with Gasteiger partial charge in [-0.2, -0.15) is 0 Å². The Kier molecular flexibility index (Phi) is 3.16. The first-order chi connectivity index (χ1) is 8.19. The van der Waals surface area contributed by atoms with Crippen molar-refractivity contribution in [3.63, 3.8) is 0 Å². The molecular weight excluding hydrogens is 222 g/mol. The molecule has 0 bridgehead atoms. The van der Waals surface area contributed by atoms with Crippen molar-refractivity contribution >= 4 is 0 Å². The van der Waals surface area contributed by atoms with Crippen LogP contribution in [-0.2, 0) is 10.8 Å². The second-order valence-corrected chi connectivity index (χ2v) is 7.38. The molecule has 0 saturated heterocycles. The summed E-state index contributed by atoms with van der Waals surface area (Å²) in [5, 5.41) is 0. The molecule has 18 heavy (non-hydrogen) atoms. The predicted octanol–water partition coefficient (Wildman–Crippen LogP) is 4.22. The van der Waals surface area contributed by atoms with E-state index in [4.69, 9.17) is 4.74 Å². The monoisotopic (exact) mass is 247 g/mol. The van der Waals surface area contributed by atoms with Crippen LogP contribution in [-0.4, -0.2) is 11.1 Å². The molecule has 1 aromatic rings. The second kappa shape index (κ2) is 4.25. The van der Waals surface area contributed by atoms with Gasteiger partial charge >= 0.3 is 0 Å². The minimum atomic E-state index is 0.0791. The number of rotatable bonds is 2. The molecule has 1 heterocycles. The molecule has 2 heteroatoms. The van der Waals surface area contributed by atoms with Crippen LogP contribution in [0.1, 0.15) is 65.5 Å². The zero-order valence-corrected chi connectivity index (χ0v) is 12.5. The molecule has 0 N–H and O–H groups in total. The first-order valence-electron chi connectivity index (χ1n) is 6.85. The lowest BCUT2D eigenvalue weighted by Crippen LogP contribution is -2.23. The van der Waals surface area contributed by atoms with Crippen molar-refractivity contribution in [1.82, 2.24) is 4.98 Å². The van der Waals surface area contributed by atoms with E-state index in [0.717, 1.165) is 5.75 Å². The highest BCUT2D eigenvalue weighted by Crippen LogP contribution is 2.40. The van der Waals surface area contributed by atoms with Crippen molar-refractivity contribution in [2.24, 2.45) is 0 Å². The molecule has 0 aromatic carbocycles. The fourth-order valence-corrected chi connectivity index (χ4v) is 2.24. The van der Waals surface area contributed by atoms with Gasteiger partial charge < -0.3 is 4.74 Å². The smallest absolute Gasteiger partial charge is 0.142 e. The number of hydrogen-bond acceptors (Lipinski definition) is 2. The number of ether oxygens (including phenoxy) is 1. The van der Waals surface area contributed by atoms with E-state index >= 15 is 0 Å². The largest absolute Gasteiger partial charge is 0.488 e. The Bertz CT molecular complexity index is 433. The van der Waals surface area contributed by atoms with Crippen molar-refractivity contribution < 1.29 is 4.74 Å². The summed E-state index contributed by atoms with van der Waals surface area (Å²) in [6, 6.07) is 0. The third kappa shape index (κ3) is 2.85. The Labute approximate surface area is 111 Å². The van der Waals surface area contributed by atoms with Crippen LogP contribution < -0.4 is 4.74 Å². The molecule has 1 aliphatic rings. The predicted molar refractivity (Wildman–Crippen MR) is 75.3 cm³/mol. The zero-order chi connectivity index (χ0) is 13.6. The number of nitrogens with zero attached hydrogens (tertiary/aromatic N) is 1. The molecular formula is C16H25NO. The Morgan fingerprint density at radius 1 is 1.00 bits per heavy atom. The van der Waals surface area contributed by atoms with Crippen molar-refractivity contribution in [2.75, 3.05) is 0 Å². The molecule has 0 aliphatic heterocycles. The summed E-state index contributed by atoms with van der Waals surface area (Å²) in [6.07, 6.45) is 6.67. The average molecular weight is 247 g/mol. The molecule has 0 radical (unpaired) electrons. The third-order valence-electron chi connectivity index (χ3n) is 3.29. The van der Waals surface area contributed by atoms with E-state index in [1.54, 1.807) is 0 Å². The van der Waals surface area contributed by atoms with Gasteiger partial charge in [-0.25, -0.2) is 0 Å². The van der Waals surface area contributed by atoms with E-state index in [1.165, 1.54) is 24.0 Å². The van der Waals surface area contributed by atoms with Crippen LogP contribution in [0, 0.1) is 0 Å². The fourth-order valence-electron chi connectivity index (χ4n) is 2.24. The minimum Gasteiger partial charge on any atom is -0.488 e. The molecule has 0 unspecified atom stereocenters. The van der Waals surface area contributed by atoms with Crippen LogP contribution in [0.4, 0.5) is 0 Å². The molecule has 0 amide bonds. The van der Waals surface area contributed by atoms with Gasteiger partial charge in [0.25, 0.3) is 0 Å². The number of hydrogen-bond donors (Lipinski definition) is 0. The topological polar surface area (TPSA) is 22.1 Å². The van der Waals surface area contributed by atoms with E-state index in [1.807, 2.05) is 12.4 Å². The zero-order valence-electron chi connectivity index (χ0n) is 12.5. The molecule has 2 nitrogen and oxygen atoms in total. The second-order valence-electron chi connectivity index (χ2n) is 7.38. The van der Waals surface area contributed by atoms with Gasteiger partial charge in [0.05, 0.1) is 12.3 Å². The summed E-state index contributed by atoms with van der Waals surface area (Å²) >= 11 is 0. The van der Waals surface area contributed by atoms with Crippen LogP contribution in [0.5, 0.6) is 5.75 Å². The normalized spacial score (nSPS) is 16.8. The lowest BCUT2D eigenvalue weighted by Gasteiger charge is -2.31. The van der Waals surface area contributed by atoms with E-state index in [0.29, 0.717) is 6.10 Å². The number of pyridine rings is 1. The Morgan fingerprint density at radius 2 is 1.61 bits per heavy atom. The third-order valence-corrected chi connectivity index (χ3v) is 3.29. The summed E-state index contributed by atoms with van der Waals surface area (Å²) in [4.78, 5) is 4.38. The van der Waals surface area contributed by atoms with Gasteiger partial charge in [0.2, 0.25) is 0 Å². The quantitative estimate of drug-likeness (QED) is 0.780. The van der Waals surface area contributed by atoms with Gasteiger partial charge in [0, 0.05) is 11.8 Å². The van der Waals surface area contributed by atoms with Gasteiger partial charge in [0.15, 0.2) is 0 Å². The molecule has 1 aromatic heterocycles. The minimum absolute atomic E-state index is 0.0791. The molecule has 100 valence electrons. The van der Waals surface area contributed by atoms with Gasteiger partial charge in [-0.15, -0.1) is 0 Å². The highest BCUT2D eigenvalue weighted by Gasteiger charge is 2.31. The average Bonchev–Trinajstić information content (AvgIpc) is 2.98. The lowest BCUT2D eigenvalue weighted by atomic mass is 9.76. The summed E-state index contributed by atoms with van der Waals surface area (Å²) in [6.45, 7) is 13.5. The lowest BCUT2D eigenvalue weighted by molar-refractivity contribution is 0.291. The summed E-state index contributed by atoms with van der Waals surface area (Å²) in [5.41, 5.74) is 2.79. The standard InChI is InChI=1S/C16H25NO/c1-15(2,3)12-9-17-10-13(18-11-7-8-11)14(12)16(4,5)6/h9-11H,7-8H2,1-6H3. The molecule has 0 atom stereocenters. The van der Waals surface area contributed by atoms with E-state index in [2.05, 4.69) is 46.5 Å². The van der Waals surface area contributed by atoms with Crippen LogP contribution in [0.25, 0.3) is 0 Å². The first-order valence-corrected chi connectivity index (χ1v) is 6.85. The SMILES string of the molecule is CC(C)(C)c1cncc(OC2CC2)c1C(C)(C)C. The van der Waals surface area contributed by atoms with Crippen LogP contribution in [0.15, 0.2) is 12.4 Å². The summed E-state index contributed by atoms with van der Waals surface area (Å²) in [5.74, 6) is 0.984. The summed E-state index contributed by atoms with van der Waals surface area (Å²) < 4.78 is 6.06. The van der Waals surface area contributed by atoms with Crippen LogP contribution in [0.3, 0.4) is 0 Å². The van der Waals surface area contributed by atoms with Gasteiger partial charge in [-0.3, -0.25) is 4.98 Å². The van der Waals surface area contributed by atoms with Crippen molar-refractivity contribution in [3.8, 4) is 5.75 Å². The Balaban J connectivity index is 2.52. The maximum Gasteiger partial charge on any atom is 0.142 e. The highest BCUT2D eigenvalue weighted by molar-refractivity contribution is 5.45. The van der Waals surface area contributed by atoms with Crippen molar-refractivity contribution in [1.29, 1.82) is 0 Å². The van der Waals surface area contributed by atoms with Gasteiger partial charge in [-0.1, -0.05) is 41.5 Å². The fraction of sp³-hybridized carbons (Fsp3) is 0.688. The molecule has 1 saturated carbocycles. The Hall–Kier alpha value is -1.05. The van der Waals surface area contributed by atoms with Gasteiger partial charge in [0.1, 0.15) is 5.75 Å².